The molecule has 338 valence electrons. The van der Waals surface area contributed by atoms with Crippen LogP contribution in [0.3, 0.4) is 0 Å². The average Bonchev–Trinajstić information content (AvgIpc) is 3.26. The summed E-state index contributed by atoms with van der Waals surface area (Å²) in [5.74, 6) is -71.7. The minimum Gasteiger partial charge on any atom is -0.287 e. The van der Waals surface area contributed by atoms with Crippen LogP contribution in [0.4, 0.5) is 101 Å². The van der Waals surface area contributed by atoms with Crippen molar-refractivity contribution in [3.63, 3.8) is 0 Å². The van der Waals surface area contributed by atoms with Gasteiger partial charge in [0.25, 0.3) is 0 Å². The maximum atomic E-state index is 15.4. The van der Waals surface area contributed by atoms with E-state index in [4.69, 9.17) is 0 Å². The minimum atomic E-state index is -7.22. The van der Waals surface area contributed by atoms with E-state index in [1.165, 1.54) is 10.8 Å². The molecule has 0 fully saturated rings. The van der Waals surface area contributed by atoms with E-state index in [-0.39, 0.29) is 12.3 Å². The lowest BCUT2D eigenvalue weighted by Crippen LogP contribution is -2.81. The van der Waals surface area contributed by atoms with E-state index in [1.807, 2.05) is 0 Å². The first kappa shape index (κ1) is 48.3. The van der Waals surface area contributed by atoms with Gasteiger partial charge >= 0.3 is 6.18 Å². The van der Waals surface area contributed by atoms with Crippen LogP contribution in [-0.2, 0) is 12.7 Å². The molecular weight excluding hydrogens is 936 g/mol. The highest BCUT2D eigenvalue weighted by Crippen LogP contribution is 2.31. The van der Waals surface area contributed by atoms with Crippen molar-refractivity contribution in [1.29, 1.82) is 0 Å². The Labute approximate surface area is 338 Å². The molecule has 0 saturated carbocycles. The number of Topliss-reactive ketones (excluding diaryl/α,β-unsaturated/α-hetero) is 1. The van der Waals surface area contributed by atoms with Gasteiger partial charge in [0.2, 0.25) is 18.0 Å². The predicted octanol–water partition coefficient (Wildman–Crippen LogP) is 8.12. The molecular formula is C37H10BF23N2O. The van der Waals surface area contributed by atoms with Gasteiger partial charge in [0, 0.05) is 5.56 Å². The van der Waals surface area contributed by atoms with Gasteiger partial charge in [-0.15, -0.1) is 21.9 Å². The Morgan fingerprint density at radius 2 is 0.703 bits per heavy atom. The van der Waals surface area contributed by atoms with Gasteiger partial charge in [0.1, 0.15) is 52.7 Å². The number of carbonyl (C=O) groups is 1. The molecule has 0 N–H and O–H groups in total. The van der Waals surface area contributed by atoms with Crippen molar-refractivity contribution in [2.24, 2.45) is 0 Å². The van der Waals surface area contributed by atoms with E-state index < -0.39 is 156 Å². The molecule has 0 aliphatic carbocycles. The van der Waals surface area contributed by atoms with Gasteiger partial charge in [-0.3, -0.25) is 4.79 Å². The number of halogens is 23. The molecule has 0 spiro atoms. The Hall–Kier alpha value is -6.70. The van der Waals surface area contributed by atoms with Crippen LogP contribution in [0.15, 0.2) is 48.9 Å². The summed E-state index contributed by atoms with van der Waals surface area (Å²) in [7, 11) is 0. The first-order chi connectivity index (χ1) is 29.7. The standard InChI is InChI=1S/C24BF20.C13H10F3N2O/c26-5-1(6(27)14(35)21(42)13(5)34)25(2-7(28)15(36)22(43)16(37)8(2)29,3-9(30)17(38)23(44)18(39)10(3)31)4-11(32)19(40)24(45)20(41)12(4)33;14-13(15,16)12-9-18(7-6-17-12)8-11(19)10-4-2-1-3-5-10/h;1-7,9H,8H2/q-1;+1. The Balaban J connectivity index is 0.000000337. The molecule has 0 unspecified atom stereocenters. The molecule has 3 nitrogen and oxygen atoms in total. The number of hydrogen-bond acceptors (Lipinski definition) is 2. The fourth-order valence-electron chi connectivity index (χ4n) is 6.43. The van der Waals surface area contributed by atoms with Crippen molar-refractivity contribution in [3.05, 3.63) is 177 Å². The Morgan fingerprint density at radius 1 is 0.438 bits per heavy atom. The van der Waals surface area contributed by atoms with Crippen molar-refractivity contribution in [3.8, 4) is 0 Å². The minimum absolute atomic E-state index is 0.157. The molecule has 1 aromatic heterocycles. The van der Waals surface area contributed by atoms with Crippen LogP contribution in [0.5, 0.6) is 0 Å². The smallest absolute Gasteiger partial charge is 0.287 e. The van der Waals surface area contributed by atoms with E-state index in [0.29, 0.717) is 5.56 Å². The van der Waals surface area contributed by atoms with Gasteiger partial charge in [-0.05, 0) is 0 Å². The summed E-state index contributed by atoms with van der Waals surface area (Å²) < 4.78 is 333. The molecule has 27 heteroatoms. The van der Waals surface area contributed by atoms with Crippen LogP contribution in [0.25, 0.3) is 0 Å². The maximum absolute atomic E-state index is 15.4. The quantitative estimate of drug-likeness (QED) is 0.0405. The van der Waals surface area contributed by atoms with Gasteiger partial charge in [0.15, 0.2) is 82.2 Å². The number of ketones is 1. The summed E-state index contributed by atoms with van der Waals surface area (Å²) in [6.45, 7) is -0.157. The molecule has 1 heterocycles. The van der Waals surface area contributed by atoms with E-state index in [2.05, 4.69) is 4.98 Å². The number of alkyl halides is 3. The van der Waals surface area contributed by atoms with Crippen molar-refractivity contribution in [1.82, 2.24) is 4.98 Å². The Morgan fingerprint density at radius 3 is 0.969 bits per heavy atom. The number of rotatable bonds is 7. The summed E-state index contributed by atoms with van der Waals surface area (Å²) in [5, 5.41) is 0. The van der Waals surface area contributed by atoms with Crippen LogP contribution in [0.1, 0.15) is 16.1 Å². The molecule has 0 radical (unpaired) electrons. The first-order valence-electron chi connectivity index (χ1n) is 16.4. The van der Waals surface area contributed by atoms with Crippen molar-refractivity contribution in [2.75, 3.05) is 0 Å². The highest BCUT2D eigenvalue weighted by atomic mass is 19.4. The number of aromatic nitrogens is 2. The third-order valence-electron chi connectivity index (χ3n) is 9.18. The topological polar surface area (TPSA) is 33.8 Å². The normalized spacial score (nSPS) is 11.8. The molecule has 0 amide bonds. The zero-order chi connectivity index (χ0) is 48.2. The van der Waals surface area contributed by atoms with Crippen molar-refractivity contribution >= 4 is 33.8 Å². The molecule has 64 heavy (non-hydrogen) atoms. The van der Waals surface area contributed by atoms with Crippen LogP contribution in [-0.4, -0.2) is 16.9 Å². The third-order valence-corrected chi connectivity index (χ3v) is 9.18. The predicted molar refractivity (Wildman–Crippen MR) is 169 cm³/mol. The molecule has 0 aliphatic heterocycles. The van der Waals surface area contributed by atoms with Gasteiger partial charge in [-0.1, -0.05) is 30.3 Å². The zero-order valence-electron chi connectivity index (χ0n) is 29.9. The summed E-state index contributed by atoms with van der Waals surface area (Å²) in [6.07, 6.45) is -8.55. The van der Waals surface area contributed by atoms with E-state index in [1.54, 1.807) is 30.3 Å². The molecule has 6 rings (SSSR count). The third kappa shape index (κ3) is 7.72. The second-order valence-electron chi connectivity index (χ2n) is 12.7. The van der Waals surface area contributed by atoms with E-state index in [0.717, 1.165) is 12.4 Å². The highest BCUT2D eigenvalue weighted by Gasteiger charge is 2.52. The van der Waals surface area contributed by atoms with Crippen LogP contribution in [0.2, 0.25) is 0 Å². The second kappa shape index (κ2) is 17.5. The number of benzene rings is 5. The van der Waals surface area contributed by atoms with Gasteiger partial charge in [0.05, 0.1) is 6.20 Å². The van der Waals surface area contributed by atoms with Gasteiger partial charge in [-0.2, -0.15) is 17.7 Å². The number of nitrogens with zero attached hydrogens (tertiary/aromatic N) is 2. The largest absolute Gasteiger partial charge is 0.439 e. The van der Waals surface area contributed by atoms with Crippen molar-refractivity contribution < 1.29 is 110 Å². The Kier molecular flexibility index (Phi) is 13.2. The van der Waals surface area contributed by atoms with E-state index in [9.17, 15) is 70.7 Å². The molecule has 0 atom stereocenters. The fourth-order valence-corrected chi connectivity index (χ4v) is 6.43. The summed E-state index contributed by atoms with van der Waals surface area (Å²) in [6, 6.07) is 8.40. The Bertz CT molecular complexity index is 2490. The van der Waals surface area contributed by atoms with Gasteiger partial charge in [-0.25, -0.2) is 92.8 Å². The zero-order valence-corrected chi connectivity index (χ0v) is 29.9. The molecule has 0 bridgehead atoms. The second-order valence-corrected chi connectivity index (χ2v) is 12.7. The highest BCUT2D eigenvalue weighted by molar-refractivity contribution is 7.20. The summed E-state index contributed by atoms with van der Waals surface area (Å²) in [5.41, 5.74) is -14.9. The lowest BCUT2D eigenvalue weighted by Gasteiger charge is -2.44. The lowest BCUT2D eigenvalue weighted by molar-refractivity contribution is -0.684. The van der Waals surface area contributed by atoms with Gasteiger partial charge < -0.3 is 0 Å². The first-order valence-corrected chi connectivity index (χ1v) is 16.4. The lowest BCUT2D eigenvalue weighted by atomic mass is 9.12. The number of hydrogen-bond donors (Lipinski definition) is 0. The number of carbonyl (C=O) groups excluding carboxylic acids is 1. The van der Waals surface area contributed by atoms with E-state index >= 15 is 35.1 Å². The molecule has 6 aromatic rings. The summed E-state index contributed by atoms with van der Waals surface area (Å²) >= 11 is 0. The summed E-state index contributed by atoms with van der Waals surface area (Å²) in [4.78, 5) is 15.1. The van der Waals surface area contributed by atoms with Crippen LogP contribution < -0.4 is 26.4 Å². The van der Waals surface area contributed by atoms with Crippen molar-refractivity contribution in [2.45, 2.75) is 12.7 Å². The molecule has 5 aromatic carbocycles. The average molecular weight is 946 g/mol. The SMILES string of the molecule is Fc1c(F)c(F)c([B-](c2c(F)c(F)c(F)c(F)c2F)(c2c(F)c(F)c(F)c(F)c2F)c2c(F)c(F)c(F)c(F)c2F)c(F)c1F.O=C(C[n+]1ccnc(C(F)(F)F)c1)c1ccccc1. The monoisotopic (exact) mass is 946 g/mol. The van der Waals surface area contributed by atoms with Crippen LogP contribution in [0, 0.1) is 116 Å². The maximum Gasteiger partial charge on any atom is 0.439 e. The fraction of sp³-hybridized carbons (Fsp3) is 0.0541. The van der Waals surface area contributed by atoms with Crippen LogP contribution >= 0.6 is 0 Å². The molecule has 0 aliphatic rings. The molecule has 0 saturated heterocycles.